The first-order chi connectivity index (χ1) is 13.1. The van der Waals surface area contributed by atoms with Gasteiger partial charge >= 0.3 is 0 Å². The Balaban J connectivity index is 1.19. The summed E-state index contributed by atoms with van der Waals surface area (Å²) in [5.74, 6) is 3.67. The quantitative estimate of drug-likeness (QED) is 0.811. The summed E-state index contributed by atoms with van der Waals surface area (Å²) in [6.45, 7) is 2.16. The lowest BCUT2D eigenvalue weighted by molar-refractivity contribution is 0.0926. The third-order valence-electron chi connectivity index (χ3n) is 6.66. The summed E-state index contributed by atoms with van der Waals surface area (Å²) in [7, 11) is 0. The van der Waals surface area contributed by atoms with Crippen LogP contribution in [0.2, 0.25) is 5.02 Å². The number of nitrogens with one attached hydrogen (secondary N) is 1. The number of benzene rings is 1. The van der Waals surface area contributed by atoms with Crippen LogP contribution in [0, 0.1) is 17.8 Å². The van der Waals surface area contributed by atoms with E-state index in [0.717, 1.165) is 25.1 Å². The predicted molar refractivity (Wildman–Crippen MR) is 104 cm³/mol. The molecule has 3 aliphatic carbocycles. The van der Waals surface area contributed by atoms with E-state index in [2.05, 4.69) is 21.9 Å². The molecule has 1 aromatic carbocycles. The smallest absolute Gasteiger partial charge is 0.251 e. The number of carbonyl (C=O) groups is 1. The Morgan fingerprint density at radius 3 is 2.59 bits per heavy atom. The van der Waals surface area contributed by atoms with E-state index in [1.807, 2.05) is 6.33 Å². The van der Waals surface area contributed by atoms with Gasteiger partial charge in [-0.2, -0.15) is 5.10 Å². The molecular weight excluding hydrogens is 360 g/mol. The van der Waals surface area contributed by atoms with Crippen LogP contribution in [0.4, 0.5) is 0 Å². The fraction of sp³-hybridized carbons (Fsp3) is 0.571. The molecule has 0 radical (unpaired) electrons. The van der Waals surface area contributed by atoms with Gasteiger partial charge in [0.05, 0.1) is 6.04 Å². The molecule has 5 atom stereocenters. The molecule has 0 bridgehead atoms. The first kappa shape index (κ1) is 17.2. The molecule has 0 spiro atoms. The number of fused-ring (bicyclic) bond motifs is 1. The lowest BCUT2D eigenvalue weighted by atomic mass is 9.99. The highest BCUT2D eigenvalue weighted by Gasteiger charge is 2.59. The lowest BCUT2D eigenvalue weighted by Gasteiger charge is -2.21. The number of carbonyl (C=O) groups excluding carboxylic acids is 1. The Kier molecular flexibility index (Phi) is 4.23. The number of hydrogen-bond donors (Lipinski definition) is 1. The van der Waals surface area contributed by atoms with E-state index in [9.17, 15) is 4.79 Å². The van der Waals surface area contributed by atoms with E-state index < -0.39 is 0 Å². The number of hydrogen-bond acceptors (Lipinski definition) is 3. The zero-order valence-electron chi connectivity index (χ0n) is 15.5. The van der Waals surface area contributed by atoms with Gasteiger partial charge < -0.3 is 5.32 Å². The van der Waals surface area contributed by atoms with Crippen LogP contribution in [0.5, 0.6) is 0 Å². The second-order valence-electron chi connectivity index (χ2n) is 8.38. The Morgan fingerprint density at radius 2 is 1.96 bits per heavy atom. The van der Waals surface area contributed by atoms with Crippen LogP contribution in [-0.2, 0) is 0 Å². The van der Waals surface area contributed by atoms with Crippen molar-refractivity contribution in [1.82, 2.24) is 20.1 Å². The van der Waals surface area contributed by atoms with Gasteiger partial charge in [-0.25, -0.2) is 9.67 Å². The summed E-state index contributed by atoms with van der Waals surface area (Å²) < 4.78 is 2.10. The molecule has 3 fully saturated rings. The second-order valence-corrected chi connectivity index (χ2v) is 8.82. The van der Waals surface area contributed by atoms with Crippen molar-refractivity contribution in [3.05, 3.63) is 47.0 Å². The third kappa shape index (κ3) is 3.27. The number of halogens is 1. The van der Waals surface area contributed by atoms with Crippen LogP contribution in [-0.4, -0.2) is 26.7 Å². The molecule has 0 aliphatic heterocycles. The van der Waals surface area contributed by atoms with Crippen LogP contribution < -0.4 is 5.32 Å². The highest BCUT2D eigenvalue weighted by molar-refractivity contribution is 6.30. The Morgan fingerprint density at radius 1 is 1.26 bits per heavy atom. The SMILES string of the molecule is CCC(NC(=O)c1ccc(Cl)cc1)C1[C@H]2CC(n3cnc(C4CC4)n3)C[C@@H]12. The van der Waals surface area contributed by atoms with E-state index in [-0.39, 0.29) is 11.9 Å². The maximum atomic E-state index is 12.6. The van der Waals surface area contributed by atoms with Gasteiger partial charge in [-0.1, -0.05) is 18.5 Å². The molecule has 5 rings (SSSR count). The maximum Gasteiger partial charge on any atom is 0.251 e. The fourth-order valence-electron chi connectivity index (χ4n) is 4.99. The summed E-state index contributed by atoms with van der Waals surface area (Å²) in [4.78, 5) is 17.1. The van der Waals surface area contributed by atoms with E-state index in [1.54, 1.807) is 24.3 Å². The van der Waals surface area contributed by atoms with Crippen LogP contribution in [0.25, 0.3) is 0 Å². The monoisotopic (exact) mass is 384 g/mol. The van der Waals surface area contributed by atoms with E-state index in [4.69, 9.17) is 16.7 Å². The van der Waals surface area contributed by atoms with Crippen molar-refractivity contribution in [2.45, 2.75) is 57.0 Å². The van der Waals surface area contributed by atoms with Gasteiger partial charge in [-0.3, -0.25) is 4.79 Å². The molecular formula is C21H25ClN4O. The van der Waals surface area contributed by atoms with Crippen molar-refractivity contribution in [3.63, 3.8) is 0 Å². The van der Waals surface area contributed by atoms with Crippen molar-refractivity contribution in [2.75, 3.05) is 0 Å². The molecule has 3 unspecified atom stereocenters. The first-order valence-corrected chi connectivity index (χ1v) is 10.5. The number of rotatable bonds is 6. The van der Waals surface area contributed by atoms with Crippen LogP contribution in [0.15, 0.2) is 30.6 Å². The predicted octanol–water partition coefficient (Wildman–Crippen LogP) is 4.21. The lowest BCUT2D eigenvalue weighted by Crippen LogP contribution is -2.37. The van der Waals surface area contributed by atoms with Gasteiger partial charge in [-0.15, -0.1) is 0 Å². The average molecular weight is 385 g/mol. The molecule has 1 heterocycles. The minimum absolute atomic E-state index is 0.00499. The molecule has 3 aliphatic rings. The van der Waals surface area contributed by atoms with E-state index in [1.165, 1.54) is 12.8 Å². The molecule has 142 valence electrons. The van der Waals surface area contributed by atoms with Crippen molar-refractivity contribution < 1.29 is 4.79 Å². The Bertz CT molecular complexity index is 832. The van der Waals surface area contributed by atoms with Gasteiger partial charge in [0.1, 0.15) is 6.33 Å². The molecule has 1 N–H and O–H groups in total. The highest BCUT2D eigenvalue weighted by Crippen LogP contribution is 2.62. The van der Waals surface area contributed by atoms with Crippen molar-refractivity contribution in [1.29, 1.82) is 0 Å². The Labute approximate surface area is 164 Å². The Hall–Kier alpha value is -1.88. The number of aromatic nitrogens is 3. The summed E-state index contributed by atoms with van der Waals surface area (Å²) in [5, 5.41) is 8.63. The molecule has 27 heavy (non-hydrogen) atoms. The summed E-state index contributed by atoms with van der Waals surface area (Å²) in [6.07, 6.45) is 7.71. The van der Waals surface area contributed by atoms with Gasteiger partial charge in [-0.05, 0) is 74.1 Å². The van der Waals surface area contributed by atoms with Crippen LogP contribution in [0.3, 0.4) is 0 Å². The van der Waals surface area contributed by atoms with E-state index >= 15 is 0 Å². The van der Waals surface area contributed by atoms with Crippen LogP contribution in [0.1, 0.15) is 67.2 Å². The van der Waals surface area contributed by atoms with Gasteiger partial charge in [0.15, 0.2) is 5.82 Å². The molecule has 2 aromatic rings. The summed E-state index contributed by atoms with van der Waals surface area (Å²) in [5.41, 5.74) is 0.678. The standard InChI is InChI=1S/C21H25ClN4O/c1-2-18(24-21(27)13-5-7-14(22)8-6-13)19-16-9-15(10-17(16)19)26-11-23-20(25-26)12-3-4-12/h5-8,11-12,15-19H,2-4,9-10H2,1H3,(H,24,27)/t15?,16-,17+,18?,19?. The third-order valence-corrected chi connectivity index (χ3v) is 6.91. The summed E-state index contributed by atoms with van der Waals surface area (Å²) >= 11 is 5.92. The molecule has 3 saturated carbocycles. The van der Waals surface area contributed by atoms with Crippen molar-refractivity contribution >= 4 is 17.5 Å². The zero-order chi connectivity index (χ0) is 18.5. The maximum absolute atomic E-state index is 12.6. The second kappa shape index (κ2) is 6.62. The molecule has 0 saturated heterocycles. The highest BCUT2D eigenvalue weighted by atomic mass is 35.5. The normalized spacial score (nSPS) is 30.0. The number of amides is 1. The topological polar surface area (TPSA) is 59.8 Å². The molecule has 1 amide bonds. The molecule has 5 nitrogen and oxygen atoms in total. The minimum atomic E-state index is 0.00499. The first-order valence-electron chi connectivity index (χ1n) is 10.1. The minimum Gasteiger partial charge on any atom is -0.349 e. The van der Waals surface area contributed by atoms with Gasteiger partial charge in [0, 0.05) is 22.5 Å². The fourth-order valence-corrected chi connectivity index (χ4v) is 5.12. The average Bonchev–Trinajstić information content (AvgIpc) is 3.53. The molecule has 1 aromatic heterocycles. The zero-order valence-corrected chi connectivity index (χ0v) is 16.3. The van der Waals surface area contributed by atoms with Gasteiger partial charge in [0.2, 0.25) is 0 Å². The van der Waals surface area contributed by atoms with Crippen molar-refractivity contribution in [3.8, 4) is 0 Å². The largest absolute Gasteiger partial charge is 0.349 e. The summed E-state index contributed by atoms with van der Waals surface area (Å²) in [6, 6.07) is 7.85. The van der Waals surface area contributed by atoms with Gasteiger partial charge in [0.25, 0.3) is 5.91 Å². The van der Waals surface area contributed by atoms with Crippen LogP contribution >= 0.6 is 11.6 Å². The number of nitrogens with zero attached hydrogens (tertiary/aromatic N) is 3. The molecule has 6 heteroatoms. The van der Waals surface area contributed by atoms with E-state index in [0.29, 0.717) is 40.3 Å². The van der Waals surface area contributed by atoms with Crippen molar-refractivity contribution in [2.24, 2.45) is 17.8 Å².